The monoisotopic (exact) mass is 295 g/mol. The number of carbonyl (C=O) groups excluding carboxylic acids is 1. The van der Waals surface area contributed by atoms with Gasteiger partial charge in [-0.3, -0.25) is 9.48 Å². The average Bonchev–Trinajstić information content (AvgIpc) is 3.02. The Hall–Kier alpha value is -1.01. The summed E-state index contributed by atoms with van der Waals surface area (Å²) in [7, 11) is 0. The van der Waals surface area contributed by atoms with E-state index in [1.165, 1.54) is 0 Å². The van der Waals surface area contributed by atoms with Gasteiger partial charge in [-0.1, -0.05) is 0 Å². The van der Waals surface area contributed by atoms with E-state index in [-0.39, 0.29) is 11.9 Å². The fourth-order valence-corrected chi connectivity index (χ4v) is 4.24. The van der Waals surface area contributed by atoms with Gasteiger partial charge in [0.25, 0.3) is 5.91 Å². The SMILES string of the molecule is O=C(N1CCCC(n2cccn2)C1)C1(O)CCSCC1. The van der Waals surface area contributed by atoms with Gasteiger partial charge in [0.15, 0.2) is 0 Å². The number of carbonyl (C=O) groups is 1. The van der Waals surface area contributed by atoms with Crippen LogP contribution in [-0.2, 0) is 4.79 Å². The first-order valence-corrected chi connectivity index (χ1v) is 8.43. The van der Waals surface area contributed by atoms with Crippen molar-refractivity contribution in [2.24, 2.45) is 0 Å². The summed E-state index contributed by atoms with van der Waals surface area (Å²) in [5.74, 6) is 1.67. The maximum atomic E-state index is 12.6. The zero-order valence-corrected chi connectivity index (χ0v) is 12.4. The molecule has 20 heavy (non-hydrogen) atoms. The van der Waals surface area contributed by atoms with E-state index in [0.29, 0.717) is 19.4 Å². The van der Waals surface area contributed by atoms with Crippen LogP contribution in [0.4, 0.5) is 0 Å². The lowest BCUT2D eigenvalue weighted by atomic mass is 9.93. The Balaban J connectivity index is 1.68. The van der Waals surface area contributed by atoms with Crippen LogP contribution >= 0.6 is 11.8 Å². The molecule has 3 rings (SSSR count). The van der Waals surface area contributed by atoms with Crippen LogP contribution in [0.5, 0.6) is 0 Å². The quantitative estimate of drug-likeness (QED) is 0.893. The van der Waals surface area contributed by atoms with E-state index in [2.05, 4.69) is 5.10 Å². The summed E-state index contributed by atoms with van der Waals surface area (Å²) >= 11 is 1.81. The number of piperidine rings is 1. The van der Waals surface area contributed by atoms with Crippen LogP contribution < -0.4 is 0 Å². The van der Waals surface area contributed by atoms with Gasteiger partial charge in [-0.2, -0.15) is 16.9 Å². The molecule has 0 aromatic carbocycles. The van der Waals surface area contributed by atoms with Gasteiger partial charge in [0.05, 0.1) is 6.04 Å². The fraction of sp³-hybridized carbons (Fsp3) is 0.714. The Bertz CT molecular complexity index is 457. The number of hydrogen-bond acceptors (Lipinski definition) is 4. The summed E-state index contributed by atoms with van der Waals surface area (Å²) in [5, 5.41) is 14.9. The maximum absolute atomic E-state index is 12.6. The molecule has 1 amide bonds. The molecular weight excluding hydrogens is 274 g/mol. The van der Waals surface area contributed by atoms with Crippen molar-refractivity contribution in [2.45, 2.75) is 37.3 Å². The van der Waals surface area contributed by atoms with Crippen LogP contribution in [0, 0.1) is 0 Å². The van der Waals surface area contributed by atoms with Gasteiger partial charge in [0.1, 0.15) is 5.60 Å². The molecule has 0 aliphatic carbocycles. The Morgan fingerprint density at radius 1 is 1.40 bits per heavy atom. The molecule has 1 atom stereocenters. The van der Waals surface area contributed by atoms with Crippen molar-refractivity contribution < 1.29 is 9.90 Å². The molecule has 2 fully saturated rings. The molecule has 0 saturated carbocycles. The molecule has 2 saturated heterocycles. The predicted octanol–water partition coefficient (Wildman–Crippen LogP) is 1.30. The first-order chi connectivity index (χ1) is 9.69. The maximum Gasteiger partial charge on any atom is 0.254 e. The summed E-state index contributed by atoms with van der Waals surface area (Å²) in [6, 6.07) is 2.15. The largest absolute Gasteiger partial charge is 0.380 e. The van der Waals surface area contributed by atoms with Crippen molar-refractivity contribution in [1.82, 2.24) is 14.7 Å². The van der Waals surface area contributed by atoms with Crippen LogP contribution in [0.2, 0.25) is 0 Å². The van der Waals surface area contributed by atoms with Crippen LogP contribution in [0.25, 0.3) is 0 Å². The van der Waals surface area contributed by atoms with Crippen molar-refractivity contribution in [3.05, 3.63) is 18.5 Å². The minimum Gasteiger partial charge on any atom is -0.380 e. The van der Waals surface area contributed by atoms with E-state index in [4.69, 9.17) is 0 Å². The van der Waals surface area contributed by atoms with Crippen molar-refractivity contribution >= 4 is 17.7 Å². The van der Waals surface area contributed by atoms with Crippen molar-refractivity contribution in [1.29, 1.82) is 0 Å². The molecule has 2 aliphatic rings. The van der Waals surface area contributed by atoms with Crippen molar-refractivity contribution in [3.8, 4) is 0 Å². The number of amides is 1. The van der Waals surface area contributed by atoms with Crippen LogP contribution in [0.15, 0.2) is 18.5 Å². The fourth-order valence-electron chi connectivity index (χ4n) is 3.07. The number of likely N-dealkylation sites (tertiary alicyclic amines) is 1. The summed E-state index contributed by atoms with van der Waals surface area (Å²) in [6.45, 7) is 1.42. The highest BCUT2D eigenvalue weighted by molar-refractivity contribution is 7.99. The number of rotatable bonds is 2. The normalized spacial score (nSPS) is 26.4. The van der Waals surface area contributed by atoms with Gasteiger partial charge in [0, 0.05) is 25.5 Å². The third-order valence-corrected chi connectivity index (χ3v) is 5.29. The predicted molar refractivity (Wildman–Crippen MR) is 78.6 cm³/mol. The zero-order chi connectivity index (χ0) is 14.0. The molecule has 1 aromatic rings. The lowest BCUT2D eigenvalue weighted by Gasteiger charge is -2.39. The highest BCUT2D eigenvalue weighted by Crippen LogP contribution is 2.31. The highest BCUT2D eigenvalue weighted by Gasteiger charge is 2.41. The van der Waals surface area contributed by atoms with E-state index >= 15 is 0 Å². The molecule has 1 unspecified atom stereocenters. The second-order valence-corrected chi connectivity index (χ2v) is 6.90. The lowest BCUT2D eigenvalue weighted by Crippen LogP contribution is -2.53. The van der Waals surface area contributed by atoms with Gasteiger partial charge in [-0.25, -0.2) is 0 Å². The van der Waals surface area contributed by atoms with E-state index in [0.717, 1.165) is 30.9 Å². The number of hydrogen-bond donors (Lipinski definition) is 1. The number of aliphatic hydroxyl groups is 1. The topological polar surface area (TPSA) is 58.4 Å². The minimum atomic E-state index is -1.13. The zero-order valence-electron chi connectivity index (χ0n) is 11.6. The molecule has 3 heterocycles. The number of thioether (sulfide) groups is 1. The third-order valence-electron chi connectivity index (χ3n) is 4.30. The highest BCUT2D eigenvalue weighted by atomic mass is 32.2. The van der Waals surface area contributed by atoms with E-state index in [1.54, 1.807) is 6.20 Å². The molecule has 5 nitrogen and oxygen atoms in total. The Morgan fingerprint density at radius 2 is 2.20 bits per heavy atom. The standard InChI is InChI=1S/C14H21N3O2S/c18-13(14(19)4-9-20-10-5-14)16-7-1-3-12(11-16)17-8-2-6-15-17/h2,6,8,12,19H,1,3-5,7,9-11H2. The lowest BCUT2D eigenvalue weighted by molar-refractivity contribution is -0.153. The summed E-state index contributed by atoms with van der Waals surface area (Å²) in [4.78, 5) is 14.5. The molecule has 1 N–H and O–H groups in total. The van der Waals surface area contributed by atoms with Crippen LogP contribution in [0.3, 0.4) is 0 Å². The molecule has 1 aromatic heterocycles. The smallest absolute Gasteiger partial charge is 0.254 e. The second kappa shape index (κ2) is 5.77. The number of nitrogens with zero attached hydrogens (tertiary/aromatic N) is 3. The Morgan fingerprint density at radius 3 is 2.90 bits per heavy atom. The van der Waals surface area contributed by atoms with E-state index < -0.39 is 5.60 Å². The Labute approximate surface area is 123 Å². The molecule has 0 spiro atoms. The van der Waals surface area contributed by atoms with Gasteiger partial charge < -0.3 is 10.0 Å². The van der Waals surface area contributed by atoms with Gasteiger partial charge >= 0.3 is 0 Å². The van der Waals surface area contributed by atoms with Gasteiger partial charge in [0.2, 0.25) is 0 Å². The summed E-state index contributed by atoms with van der Waals surface area (Å²) in [6.07, 6.45) is 6.90. The molecule has 6 heteroatoms. The van der Waals surface area contributed by atoms with Crippen molar-refractivity contribution in [2.75, 3.05) is 24.6 Å². The molecule has 110 valence electrons. The van der Waals surface area contributed by atoms with Crippen molar-refractivity contribution in [3.63, 3.8) is 0 Å². The molecular formula is C14H21N3O2S. The molecule has 0 radical (unpaired) electrons. The van der Waals surface area contributed by atoms with Crippen LogP contribution in [-0.4, -0.2) is 55.9 Å². The minimum absolute atomic E-state index is 0.0744. The number of aromatic nitrogens is 2. The first kappa shape index (κ1) is 13.9. The van der Waals surface area contributed by atoms with E-state index in [9.17, 15) is 9.90 Å². The first-order valence-electron chi connectivity index (χ1n) is 7.28. The van der Waals surface area contributed by atoms with Gasteiger partial charge in [-0.15, -0.1) is 0 Å². The van der Waals surface area contributed by atoms with E-state index in [1.807, 2.05) is 33.6 Å². The second-order valence-electron chi connectivity index (χ2n) is 5.68. The Kier molecular flexibility index (Phi) is 4.03. The molecule has 2 aliphatic heterocycles. The average molecular weight is 295 g/mol. The van der Waals surface area contributed by atoms with Crippen LogP contribution in [0.1, 0.15) is 31.7 Å². The van der Waals surface area contributed by atoms with Gasteiger partial charge in [-0.05, 0) is 43.3 Å². The summed E-state index contributed by atoms with van der Waals surface area (Å²) < 4.78 is 1.93. The molecule has 0 bridgehead atoms. The third kappa shape index (κ3) is 2.72. The summed E-state index contributed by atoms with van der Waals surface area (Å²) in [5.41, 5.74) is -1.13.